The average Bonchev–Trinajstić information content (AvgIpc) is 2.87. The van der Waals surface area contributed by atoms with E-state index < -0.39 is 35.6 Å². The predicted octanol–water partition coefficient (Wildman–Crippen LogP) is 4.22. The summed E-state index contributed by atoms with van der Waals surface area (Å²) in [5, 5.41) is 0. The fourth-order valence-corrected chi connectivity index (χ4v) is 4.26. The highest BCUT2D eigenvalue weighted by atomic mass is 16.6. The van der Waals surface area contributed by atoms with E-state index in [1.807, 2.05) is 30.3 Å². The smallest absolute Gasteiger partial charge is 0.410 e. The number of esters is 2. The Labute approximate surface area is 199 Å². The summed E-state index contributed by atoms with van der Waals surface area (Å²) in [5.74, 6) is -0.435. The van der Waals surface area contributed by atoms with Crippen molar-refractivity contribution in [1.29, 1.82) is 0 Å². The van der Waals surface area contributed by atoms with Gasteiger partial charge in [0.25, 0.3) is 0 Å². The number of nitrogens with zero attached hydrogens (tertiary/aromatic N) is 1. The van der Waals surface area contributed by atoms with Gasteiger partial charge in [-0.3, -0.25) is 4.79 Å². The summed E-state index contributed by atoms with van der Waals surface area (Å²) in [5.41, 5.74) is 0.0459. The molecule has 0 unspecified atom stereocenters. The van der Waals surface area contributed by atoms with Crippen LogP contribution in [0.25, 0.3) is 0 Å². The van der Waals surface area contributed by atoms with Gasteiger partial charge in [0, 0.05) is 6.54 Å². The van der Waals surface area contributed by atoms with Gasteiger partial charge in [-0.1, -0.05) is 30.3 Å². The maximum Gasteiger partial charge on any atom is 0.410 e. The molecule has 1 saturated heterocycles. The minimum atomic E-state index is -1.15. The van der Waals surface area contributed by atoms with E-state index in [0.717, 1.165) is 5.56 Å². The van der Waals surface area contributed by atoms with Crippen LogP contribution in [0.2, 0.25) is 0 Å². The maximum absolute atomic E-state index is 13.1. The fourth-order valence-electron chi connectivity index (χ4n) is 4.26. The monoisotopic (exact) mass is 469 g/mol. The van der Waals surface area contributed by atoms with E-state index in [1.165, 1.54) is 12.0 Å². The van der Waals surface area contributed by atoms with E-state index in [0.29, 0.717) is 30.7 Å². The number of hydrogen-bond acceptors (Lipinski definition) is 7. The molecular formula is C26H31NO7. The molecule has 0 saturated carbocycles. The molecule has 1 amide bonds. The summed E-state index contributed by atoms with van der Waals surface area (Å²) in [6.07, 6.45) is -0.206. The van der Waals surface area contributed by atoms with Crippen molar-refractivity contribution in [2.45, 2.75) is 45.4 Å². The van der Waals surface area contributed by atoms with E-state index in [-0.39, 0.29) is 6.61 Å². The first-order valence-corrected chi connectivity index (χ1v) is 11.2. The van der Waals surface area contributed by atoms with Crippen LogP contribution in [0.1, 0.15) is 42.6 Å². The number of ether oxygens (including phenoxy) is 4. The van der Waals surface area contributed by atoms with Gasteiger partial charge in [-0.05, 0) is 56.5 Å². The summed E-state index contributed by atoms with van der Waals surface area (Å²) in [6, 6.07) is 15.1. The van der Waals surface area contributed by atoms with Crippen LogP contribution in [0.5, 0.6) is 5.75 Å². The van der Waals surface area contributed by atoms with Crippen molar-refractivity contribution in [3.05, 3.63) is 65.7 Å². The largest absolute Gasteiger partial charge is 0.497 e. The van der Waals surface area contributed by atoms with Crippen LogP contribution in [0.4, 0.5) is 4.79 Å². The molecule has 0 spiro atoms. The average molecular weight is 470 g/mol. The molecule has 34 heavy (non-hydrogen) atoms. The molecule has 2 aromatic rings. The number of amides is 1. The number of rotatable bonds is 7. The summed E-state index contributed by atoms with van der Waals surface area (Å²) in [6.45, 7) is 3.83. The lowest BCUT2D eigenvalue weighted by Crippen LogP contribution is -2.61. The lowest BCUT2D eigenvalue weighted by atomic mass is 9.77. The van der Waals surface area contributed by atoms with Gasteiger partial charge in [0.05, 0.1) is 31.2 Å². The first-order valence-electron chi connectivity index (χ1n) is 11.2. The molecule has 8 nitrogen and oxygen atoms in total. The summed E-state index contributed by atoms with van der Waals surface area (Å²) >= 11 is 0. The third-order valence-electron chi connectivity index (χ3n) is 6.05. The third-order valence-corrected chi connectivity index (χ3v) is 6.05. The van der Waals surface area contributed by atoms with Crippen LogP contribution >= 0.6 is 0 Å². The molecule has 182 valence electrons. The molecule has 0 bridgehead atoms. The van der Waals surface area contributed by atoms with Gasteiger partial charge < -0.3 is 23.8 Å². The number of hydrogen-bond donors (Lipinski definition) is 0. The number of methoxy groups -OCH3 is 2. The zero-order valence-electron chi connectivity index (χ0n) is 20.0. The van der Waals surface area contributed by atoms with Gasteiger partial charge in [-0.2, -0.15) is 0 Å². The Hall–Kier alpha value is -3.55. The van der Waals surface area contributed by atoms with Gasteiger partial charge in [0.2, 0.25) is 0 Å². The van der Waals surface area contributed by atoms with Crippen LogP contribution < -0.4 is 4.74 Å². The lowest BCUT2D eigenvalue weighted by molar-refractivity contribution is -0.159. The highest BCUT2D eigenvalue weighted by Gasteiger charge is 2.51. The Bertz CT molecular complexity index is 988. The minimum absolute atomic E-state index is 0.0951. The summed E-state index contributed by atoms with van der Waals surface area (Å²) in [4.78, 5) is 40.2. The van der Waals surface area contributed by atoms with Crippen molar-refractivity contribution in [3.8, 4) is 5.75 Å². The molecule has 0 aliphatic carbocycles. The molecule has 0 radical (unpaired) electrons. The van der Waals surface area contributed by atoms with Crippen LogP contribution in [-0.2, 0) is 25.6 Å². The van der Waals surface area contributed by atoms with Crippen molar-refractivity contribution >= 4 is 18.0 Å². The minimum Gasteiger partial charge on any atom is -0.497 e. The number of likely N-dealkylation sites (tertiary alicyclic amines) is 1. The second kappa shape index (κ2) is 11.0. The Balaban J connectivity index is 1.82. The van der Waals surface area contributed by atoms with Gasteiger partial charge in [-0.15, -0.1) is 0 Å². The summed E-state index contributed by atoms with van der Waals surface area (Å²) < 4.78 is 21.6. The summed E-state index contributed by atoms with van der Waals surface area (Å²) in [7, 11) is 2.84. The van der Waals surface area contributed by atoms with E-state index in [4.69, 9.17) is 18.9 Å². The highest BCUT2D eigenvalue weighted by molar-refractivity contribution is 5.89. The molecule has 2 aromatic carbocycles. The van der Waals surface area contributed by atoms with Gasteiger partial charge in [0.1, 0.15) is 18.5 Å². The molecule has 0 N–H and O–H groups in total. The van der Waals surface area contributed by atoms with E-state index in [9.17, 15) is 14.4 Å². The second-order valence-corrected chi connectivity index (χ2v) is 8.71. The maximum atomic E-state index is 13.1. The lowest BCUT2D eigenvalue weighted by Gasteiger charge is -2.46. The number of benzene rings is 2. The van der Waals surface area contributed by atoms with Crippen molar-refractivity contribution in [2.75, 3.05) is 20.8 Å². The predicted molar refractivity (Wildman–Crippen MR) is 124 cm³/mol. The Morgan fingerprint density at radius 1 is 1.00 bits per heavy atom. The number of carbonyl (C=O) groups excluding carboxylic acids is 3. The highest BCUT2D eigenvalue weighted by Crippen LogP contribution is 2.36. The topological polar surface area (TPSA) is 91.4 Å². The third kappa shape index (κ3) is 5.68. The first-order chi connectivity index (χ1) is 16.3. The molecule has 3 rings (SSSR count). The number of piperidine rings is 1. The molecule has 1 heterocycles. The molecule has 1 aliphatic rings. The van der Waals surface area contributed by atoms with Gasteiger partial charge in [0.15, 0.2) is 0 Å². The van der Waals surface area contributed by atoms with Crippen molar-refractivity contribution in [3.63, 3.8) is 0 Å². The molecular weight excluding hydrogens is 438 g/mol. The van der Waals surface area contributed by atoms with Gasteiger partial charge in [-0.25, -0.2) is 9.59 Å². The number of carbonyl (C=O) groups is 3. The molecule has 1 fully saturated rings. The van der Waals surface area contributed by atoms with Crippen molar-refractivity contribution < 1.29 is 33.3 Å². The van der Waals surface area contributed by atoms with E-state index in [1.54, 1.807) is 45.2 Å². The van der Waals surface area contributed by atoms with Gasteiger partial charge >= 0.3 is 18.0 Å². The van der Waals surface area contributed by atoms with Crippen LogP contribution in [-0.4, -0.2) is 55.8 Å². The van der Waals surface area contributed by atoms with Crippen LogP contribution in [0.15, 0.2) is 54.6 Å². The molecule has 2 atom stereocenters. The van der Waals surface area contributed by atoms with Crippen molar-refractivity contribution in [1.82, 2.24) is 4.90 Å². The van der Waals surface area contributed by atoms with Crippen molar-refractivity contribution in [2.24, 2.45) is 5.41 Å². The first kappa shape index (κ1) is 25.1. The molecule has 1 aliphatic heterocycles. The second-order valence-electron chi connectivity index (χ2n) is 8.71. The Kier molecular flexibility index (Phi) is 8.15. The SMILES string of the molecule is COC(=O)C(C)(C)[C@@H]1[C@@H](OC(=O)c2ccc(OC)cc2)CCCN1C(=O)OCc1ccccc1. The Morgan fingerprint density at radius 2 is 1.68 bits per heavy atom. The fraction of sp³-hybridized carbons (Fsp3) is 0.423. The normalized spacial score (nSPS) is 18.1. The molecule has 8 heteroatoms. The standard InChI is InChI=1S/C26H31NO7/c1-26(2,24(29)32-4)22-21(34-23(28)19-12-14-20(31-3)15-13-19)11-8-16-27(22)25(30)33-17-18-9-6-5-7-10-18/h5-7,9-10,12-15,21-22H,8,11,16-17H2,1-4H3/t21-,22-/m0/s1. The van der Waals surface area contributed by atoms with Crippen LogP contribution in [0.3, 0.4) is 0 Å². The zero-order chi connectivity index (χ0) is 24.7. The van der Waals surface area contributed by atoms with E-state index in [2.05, 4.69) is 0 Å². The zero-order valence-corrected chi connectivity index (χ0v) is 20.0. The van der Waals surface area contributed by atoms with E-state index >= 15 is 0 Å². The Morgan fingerprint density at radius 3 is 2.29 bits per heavy atom. The van der Waals surface area contributed by atoms with Crippen LogP contribution in [0, 0.1) is 5.41 Å². The molecule has 0 aromatic heterocycles. The quantitative estimate of drug-likeness (QED) is 0.443.